The van der Waals surface area contributed by atoms with Crippen LogP contribution in [0.5, 0.6) is 0 Å². The van der Waals surface area contributed by atoms with Gasteiger partial charge in [-0.2, -0.15) is 5.10 Å². The lowest BCUT2D eigenvalue weighted by molar-refractivity contribution is 0.936. The molecule has 3 aromatic heterocycles. The van der Waals surface area contributed by atoms with E-state index >= 15 is 0 Å². The number of hydrogen-bond acceptors (Lipinski definition) is 5. The molecule has 0 aliphatic heterocycles. The van der Waals surface area contributed by atoms with Crippen LogP contribution < -0.4 is 5.32 Å². The van der Waals surface area contributed by atoms with Crippen molar-refractivity contribution in [2.24, 2.45) is 0 Å². The Labute approximate surface area is 146 Å². The number of pyridine rings is 1. The van der Waals surface area contributed by atoms with Crippen molar-refractivity contribution in [3.63, 3.8) is 0 Å². The zero-order valence-electron chi connectivity index (χ0n) is 13.2. The Kier molecular flexibility index (Phi) is 3.96. The minimum Gasteiger partial charge on any atom is -0.340 e. The molecule has 1 aromatic carbocycles. The lowest BCUT2D eigenvalue weighted by Gasteiger charge is -2.10. The zero-order valence-corrected chi connectivity index (χ0v) is 14.4. The number of hydrogen-bond donors (Lipinski definition) is 2. The van der Waals surface area contributed by atoms with Gasteiger partial charge in [0, 0.05) is 29.2 Å². The van der Waals surface area contributed by atoms with Gasteiger partial charge in [-0.3, -0.25) is 0 Å². The predicted molar refractivity (Wildman–Crippen MR) is 102 cm³/mol. The predicted octanol–water partition coefficient (Wildman–Crippen LogP) is 3.74. The molecule has 2 N–H and O–H groups in total. The third-order valence-corrected chi connectivity index (χ3v) is 4.07. The maximum atomic E-state index is 7.84. The van der Waals surface area contributed by atoms with Gasteiger partial charge in [-0.05, 0) is 36.4 Å². The Bertz CT molecular complexity index is 1040. The summed E-state index contributed by atoms with van der Waals surface area (Å²) in [5.74, 6) is 0.649. The summed E-state index contributed by atoms with van der Waals surface area (Å²) >= 11 is 0. The first kappa shape index (κ1) is 15.4. The first-order chi connectivity index (χ1) is 12.2. The number of rotatable bonds is 4. The van der Waals surface area contributed by atoms with Crippen LogP contribution in [0.15, 0.2) is 67.1 Å². The molecule has 0 spiro atoms. The largest absolute Gasteiger partial charge is 0.340 e. The SMILES string of the molecule is N=C(P)c1cccnc1Nc1cccc(-c2cn3ncccc3n2)c1. The van der Waals surface area contributed by atoms with Crippen LogP contribution in [0.3, 0.4) is 0 Å². The Morgan fingerprint density at radius 2 is 1.96 bits per heavy atom. The number of imidazole rings is 1. The molecule has 6 nitrogen and oxygen atoms in total. The molecule has 0 aliphatic rings. The second-order valence-electron chi connectivity index (χ2n) is 5.47. The number of nitrogens with zero attached hydrogens (tertiary/aromatic N) is 4. The molecule has 0 radical (unpaired) electrons. The lowest BCUT2D eigenvalue weighted by atomic mass is 10.1. The first-order valence-corrected chi connectivity index (χ1v) is 8.26. The van der Waals surface area contributed by atoms with Crippen molar-refractivity contribution < 1.29 is 0 Å². The fraction of sp³-hybridized carbons (Fsp3) is 0. The van der Waals surface area contributed by atoms with Gasteiger partial charge in [0.15, 0.2) is 5.65 Å². The topological polar surface area (TPSA) is 79.0 Å². The molecular weight excluding hydrogens is 331 g/mol. The van der Waals surface area contributed by atoms with Gasteiger partial charge < -0.3 is 10.7 Å². The second-order valence-corrected chi connectivity index (χ2v) is 6.05. The van der Waals surface area contributed by atoms with Gasteiger partial charge in [0.2, 0.25) is 0 Å². The van der Waals surface area contributed by atoms with Crippen molar-refractivity contribution in [1.82, 2.24) is 19.6 Å². The average molecular weight is 346 g/mol. The van der Waals surface area contributed by atoms with Gasteiger partial charge in [0.1, 0.15) is 5.82 Å². The summed E-state index contributed by atoms with van der Waals surface area (Å²) in [6, 6.07) is 15.4. The van der Waals surface area contributed by atoms with E-state index in [1.165, 1.54) is 0 Å². The average Bonchev–Trinajstić information content (AvgIpc) is 3.06. The fourth-order valence-electron chi connectivity index (χ4n) is 2.59. The molecule has 0 amide bonds. The minimum absolute atomic E-state index is 0.387. The molecule has 4 aromatic rings. The van der Waals surface area contributed by atoms with Crippen LogP contribution in [0.25, 0.3) is 16.9 Å². The molecule has 1 unspecified atom stereocenters. The summed E-state index contributed by atoms with van der Waals surface area (Å²) in [6.45, 7) is 0. The quantitative estimate of drug-likeness (QED) is 0.436. The summed E-state index contributed by atoms with van der Waals surface area (Å²) in [7, 11) is 2.40. The number of benzene rings is 1. The van der Waals surface area contributed by atoms with E-state index in [0.29, 0.717) is 11.3 Å². The van der Waals surface area contributed by atoms with Crippen molar-refractivity contribution >= 4 is 31.8 Å². The smallest absolute Gasteiger partial charge is 0.154 e. The van der Waals surface area contributed by atoms with E-state index in [2.05, 4.69) is 29.6 Å². The Morgan fingerprint density at radius 1 is 1.08 bits per heavy atom. The molecule has 0 aliphatic carbocycles. The van der Waals surface area contributed by atoms with E-state index in [0.717, 1.165) is 28.2 Å². The van der Waals surface area contributed by atoms with E-state index in [-0.39, 0.29) is 0 Å². The summed E-state index contributed by atoms with van der Waals surface area (Å²) in [4.78, 5) is 8.93. The molecule has 0 saturated carbocycles. The summed E-state index contributed by atoms with van der Waals surface area (Å²) < 4.78 is 1.75. The van der Waals surface area contributed by atoms with E-state index in [9.17, 15) is 0 Å². The third kappa shape index (κ3) is 3.12. The van der Waals surface area contributed by atoms with Crippen LogP contribution in [0.4, 0.5) is 11.5 Å². The van der Waals surface area contributed by atoms with Gasteiger partial charge in [-0.1, -0.05) is 21.4 Å². The highest BCUT2D eigenvalue weighted by molar-refractivity contribution is 7.41. The van der Waals surface area contributed by atoms with Crippen LogP contribution in [0, 0.1) is 5.41 Å². The van der Waals surface area contributed by atoms with Crippen molar-refractivity contribution in [1.29, 1.82) is 5.41 Å². The van der Waals surface area contributed by atoms with E-state index in [1.807, 2.05) is 54.7 Å². The van der Waals surface area contributed by atoms with E-state index < -0.39 is 0 Å². The maximum Gasteiger partial charge on any atom is 0.154 e. The molecule has 7 heteroatoms. The van der Waals surface area contributed by atoms with Crippen molar-refractivity contribution in [2.45, 2.75) is 0 Å². The Hall–Kier alpha value is -3.11. The van der Waals surface area contributed by atoms with Crippen LogP contribution in [0.1, 0.15) is 5.56 Å². The molecule has 0 fully saturated rings. The van der Waals surface area contributed by atoms with E-state index in [1.54, 1.807) is 16.9 Å². The van der Waals surface area contributed by atoms with Crippen LogP contribution >= 0.6 is 9.24 Å². The van der Waals surface area contributed by atoms with Gasteiger partial charge in [-0.15, -0.1) is 0 Å². The molecule has 4 rings (SSSR count). The van der Waals surface area contributed by atoms with Gasteiger partial charge in [-0.25, -0.2) is 14.5 Å². The monoisotopic (exact) mass is 346 g/mol. The summed E-state index contributed by atoms with van der Waals surface area (Å²) in [5, 5.41) is 15.4. The highest BCUT2D eigenvalue weighted by Gasteiger charge is 2.08. The molecule has 25 heavy (non-hydrogen) atoms. The summed E-state index contributed by atoms with van der Waals surface area (Å²) in [6.07, 6.45) is 5.34. The van der Waals surface area contributed by atoms with E-state index in [4.69, 9.17) is 5.41 Å². The van der Waals surface area contributed by atoms with Gasteiger partial charge in [0.05, 0.1) is 17.3 Å². The highest BCUT2D eigenvalue weighted by Crippen LogP contribution is 2.25. The van der Waals surface area contributed by atoms with Crippen molar-refractivity contribution in [3.05, 3.63) is 72.7 Å². The molecular formula is C18H15N6P. The van der Waals surface area contributed by atoms with Crippen molar-refractivity contribution in [2.75, 3.05) is 5.32 Å². The van der Waals surface area contributed by atoms with Crippen molar-refractivity contribution in [3.8, 4) is 11.3 Å². The van der Waals surface area contributed by atoms with Gasteiger partial charge in [0.25, 0.3) is 0 Å². The number of nitrogens with one attached hydrogen (secondary N) is 2. The Balaban J connectivity index is 1.69. The standard InChI is InChI=1S/C18H15N6P/c19-17(25)14-6-2-8-20-18(14)22-13-5-1-4-12(10-13)15-11-24-16(23-15)7-3-9-21-24/h1-11,19H,25H2,(H,20,22). The maximum absolute atomic E-state index is 7.84. The molecule has 122 valence electrons. The second kappa shape index (κ2) is 6.42. The summed E-state index contributed by atoms with van der Waals surface area (Å²) in [5.41, 5.74) is 4.65. The molecule has 0 saturated heterocycles. The Morgan fingerprint density at radius 3 is 2.80 bits per heavy atom. The molecule has 3 heterocycles. The minimum atomic E-state index is 0.387. The van der Waals surface area contributed by atoms with Gasteiger partial charge >= 0.3 is 0 Å². The zero-order chi connectivity index (χ0) is 17.2. The first-order valence-electron chi connectivity index (χ1n) is 7.68. The van der Waals surface area contributed by atoms with Crippen LogP contribution in [0.2, 0.25) is 0 Å². The molecule has 0 bridgehead atoms. The normalized spacial score (nSPS) is 10.8. The van der Waals surface area contributed by atoms with Crippen LogP contribution in [-0.4, -0.2) is 25.0 Å². The number of anilines is 2. The highest BCUT2D eigenvalue weighted by atomic mass is 31.0. The third-order valence-electron chi connectivity index (χ3n) is 3.76. The fourth-order valence-corrected chi connectivity index (χ4v) is 2.82. The lowest BCUT2D eigenvalue weighted by Crippen LogP contribution is -2.00. The number of fused-ring (bicyclic) bond motifs is 1. The number of aromatic nitrogens is 4. The molecule has 1 atom stereocenters. The van der Waals surface area contributed by atoms with Crippen LogP contribution in [-0.2, 0) is 0 Å².